The van der Waals surface area contributed by atoms with Crippen LogP contribution in [0.15, 0.2) is 58.1 Å². The maximum atomic E-state index is 15.1. The predicted molar refractivity (Wildman–Crippen MR) is 352 cm³/mol. The topological polar surface area (TPSA) is 39.1 Å². The third-order valence-corrected chi connectivity index (χ3v) is 23.8. The average molecular weight is 1150 g/mol. The molecule has 7 heterocycles. The Morgan fingerprint density at radius 2 is 0.766 bits per heavy atom. The number of aryl methyl sites for hydroxylation is 4. The van der Waals surface area contributed by atoms with E-state index in [2.05, 4.69) is 90.1 Å². The van der Waals surface area contributed by atoms with Crippen LogP contribution in [0.5, 0.6) is 0 Å². The van der Waals surface area contributed by atoms with Gasteiger partial charge >= 0.3 is 0 Å². The molecule has 0 aliphatic carbocycles. The van der Waals surface area contributed by atoms with Crippen molar-refractivity contribution in [2.24, 2.45) is 5.92 Å². The maximum Gasteiger partial charge on any atom is 0.262 e. The molecule has 0 aromatic carbocycles. The van der Waals surface area contributed by atoms with Gasteiger partial charge in [-0.15, -0.1) is 68.0 Å². The molecule has 3 nitrogen and oxygen atoms in total. The Bertz CT molecular complexity index is 2910. The minimum Gasteiger partial charge on any atom is -0.274 e. The number of nitrogens with zero attached hydrogens (tertiary/aromatic N) is 1. The van der Waals surface area contributed by atoms with E-state index in [0.717, 1.165) is 44.3 Å². The van der Waals surface area contributed by atoms with Crippen LogP contribution in [-0.2, 0) is 19.4 Å². The smallest absolute Gasteiger partial charge is 0.262 e. The fraction of sp³-hybridized carbons (Fsp3) is 0.618. The van der Waals surface area contributed by atoms with Crippen molar-refractivity contribution in [2.45, 2.75) is 266 Å². The summed E-state index contributed by atoms with van der Waals surface area (Å²) in [4.78, 5) is 42.9. The summed E-state index contributed by atoms with van der Waals surface area (Å²) in [5, 5.41) is 1.44. The molecule has 0 saturated heterocycles. The molecule has 0 N–H and O–H groups in total. The van der Waals surface area contributed by atoms with Crippen LogP contribution in [0.25, 0.3) is 59.2 Å². The number of unbranched alkanes of at least 4 members (excludes halogenated alkanes) is 26. The van der Waals surface area contributed by atoms with Gasteiger partial charge < -0.3 is 0 Å². The molecule has 0 saturated carbocycles. The van der Waals surface area contributed by atoms with Crippen molar-refractivity contribution in [1.82, 2.24) is 4.57 Å². The molecular formula is C68H97NO2S6. The fourth-order valence-corrected chi connectivity index (χ4v) is 18.5. The first-order chi connectivity index (χ1) is 37.7. The quantitative estimate of drug-likeness (QED) is 0.0359. The van der Waals surface area contributed by atoms with Crippen molar-refractivity contribution in [3.63, 3.8) is 0 Å². The summed E-state index contributed by atoms with van der Waals surface area (Å²) >= 11 is 11.2. The second-order valence-electron chi connectivity index (χ2n) is 22.8. The lowest BCUT2D eigenvalue weighted by Crippen LogP contribution is -2.33. The van der Waals surface area contributed by atoms with Crippen molar-refractivity contribution in [2.75, 3.05) is 0 Å². The van der Waals surface area contributed by atoms with Crippen LogP contribution in [0.4, 0.5) is 0 Å². The predicted octanol–water partition coefficient (Wildman–Crippen LogP) is 24.4. The van der Waals surface area contributed by atoms with Gasteiger partial charge in [0.25, 0.3) is 11.1 Å². The molecule has 0 spiro atoms. The molecule has 0 bridgehead atoms. The molecular weight excluding hydrogens is 1060 g/mol. The molecule has 422 valence electrons. The Morgan fingerprint density at radius 1 is 0.377 bits per heavy atom. The highest BCUT2D eigenvalue weighted by Crippen LogP contribution is 2.48. The van der Waals surface area contributed by atoms with Crippen LogP contribution >= 0.6 is 68.0 Å². The Kier molecular flexibility index (Phi) is 27.3. The third-order valence-electron chi connectivity index (χ3n) is 16.2. The Morgan fingerprint density at radius 3 is 1.27 bits per heavy atom. The molecule has 9 heteroatoms. The summed E-state index contributed by atoms with van der Waals surface area (Å²) < 4.78 is 3.66. The summed E-state index contributed by atoms with van der Waals surface area (Å²) in [5.74, 6) is 0.328. The van der Waals surface area contributed by atoms with E-state index in [4.69, 9.17) is 0 Å². The SMILES string of the molecule is CCCCCCCCCCCCc1cc(-c2ccc(-c3ccc(-c4cc(CCCCCCCCCCCC)c(-c5cc6c(=O)n(CC(CCCCCC)CCCCCCCC)c(=O)c7cc(C)sc7c6s5)s4)s3)s2)sc1C. The molecule has 0 aliphatic heterocycles. The van der Waals surface area contributed by atoms with Crippen molar-refractivity contribution in [3.8, 4) is 39.0 Å². The van der Waals surface area contributed by atoms with E-state index in [0.29, 0.717) is 12.5 Å². The Labute approximate surface area is 490 Å². The highest BCUT2D eigenvalue weighted by Gasteiger charge is 2.23. The van der Waals surface area contributed by atoms with E-state index in [-0.39, 0.29) is 11.1 Å². The first kappa shape index (κ1) is 61.9. The molecule has 7 aromatic heterocycles. The number of hydrogen-bond donors (Lipinski definition) is 0. The molecule has 0 amide bonds. The lowest BCUT2D eigenvalue weighted by molar-refractivity contribution is 0.351. The summed E-state index contributed by atoms with van der Waals surface area (Å²) in [7, 11) is 0. The van der Waals surface area contributed by atoms with E-state index >= 15 is 4.79 Å². The van der Waals surface area contributed by atoms with E-state index in [9.17, 15) is 4.79 Å². The van der Waals surface area contributed by atoms with Gasteiger partial charge in [-0.2, -0.15) is 0 Å². The third kappa shape index (κ3) is 18.7. The van der Waals surface area contributed by atoms with Crippen molar-refractivity contribution >= 4 is 88.2 Å². The zero-order valence-corrected chi connectivity index (χ0v) is 53.6. The number of rotatable bonds is 40. The van der Waals surface area contributed by atoms with Crippen LogP contribution in [0.2, 0.25) is 0 Å². The van der Waals surface area contributed by atoms with Crippen LogP contribution in [0.3, 0.4) is 0 Å². The minimum absolute atomic E-state index is 0.0932. The molecule has 1 unspecified atom stereocenters. The van der Waals surface area contributed by atoms with E-state index in [1.165, 1.54) is 249 Å². The first-order valence-corrected chi connectivity index (χ1v) is 36.2. The van der Waals surface area contributed by atoms with Gasteiger partial charge in [0.2, 0.25) is 0 Å². The fourth-order valence-electron chi connectivity index (χ4n) is 11.5. The monoisotopic (exact) mass is 1150 g/mol. The van der Waals surface area contributed by atoms with E-state index in [1.54, 1.807) is 32.8 Å². The van der Waals surface area contributed by atoms with Crippen LogP contribution in [0.1, 0.15) is 254 Å². The summed E-state index contributed by atoms with van der Waals surface area (Å²) in [5.41, 5.74) is 2.76. The molecule has 7 rings (SSSR count). The molecule has 7 aromatic rings. The summed E-state index contributed by atoms with van der Waals surface area (Å²) in [6.45, 7) is 14.1. The standard InChI is InChI=1S/C68H97NO2S6/c1-7-11-15-19-22-24-26-28-31-35-39-53-46-61(73-51(53)6)59-43-41-57(74-59)58-42-44-60(75-58)62-47-54(40-36-32-29-27-25-23-20-16-12-8-2)64(76-62)63-48-56-66(77-63)65-55(45-50(5)72-65)67(70)69(68(56)71)49-52(37-33-18-14-10-4)38-34-30-21-17-13-9-3/h41-48,52H,7-40,49H2,1-6H3. The lowest BCUT2D eigenvalue weighted by Gasteiger charge is -2.17. The van der Waals surface area contributed by atoms with Crippen LogP contribution in [0, 0.1) is 19.8 Å². The molecule has 0 fully saturated rings. The van der Waals surface area contributed by atoms with Crippen molar-refractivity contribution in [3.05, 3.63) is 90.1 Å². The van der Waals surface area contributed by atoms with Crippen LogP contribution < -0.4 is 11.1 Å². The van der Waals surface area contributed by atoms with Gasteiger partial charge in [-0.1, -0.05) is 207 Å². The lowest BCUT2D eigenvalue weighted by atomic mass is 9.94. The van der Waals surface area contributed by atoms with E-state index < -0.39 is 0 Å². The average Bonchev–Trinajstić information content (AvgIpc) is 4.35. The zero-order valence-electron chi connectivity index (χ0n) is 48.7. The van der Waals surface area contributed by atoms with Gasteiger partial charge in [-0.3, -0.25) is 14.2 Å². The first-order valence-electron chi connectivity index (χ1n) is 31.3. The second kappa shape index (κ2) is 33.9. The van der Waals surface area contributed by atoms with Gasteiger partial charge in [0.1, 0.15) is 0 Å². The van der Waals surface area contributed by atoms with Crippen molar-refractivity contribution in [1.29, 1.82) is 0 Å². The number of hydrogen-bond acceptors (Lipinski definition) is 8. The highest BCUT2D eigenvalue weighted by molar-refractivity contribution is 7.32. The van der Waals surface area contributed by atoms with Gasteiger partial charge in [0.05, 0.1) is 20.2 Å². The largest absolute Gasteiger partial charge is 0.274 e. The molecule has 0 radical (unpaired) electrons. The van der Waals surface area contributed by atoms with Gasteiger partial charge in [0, 0.05) is 55.3 Å². The number of thiophene rings is 6. The number of fused-ring (bicyclic) bond motifs is 3. The van der Waals surface area contributed by atoms with Gasteiger partial charge in [0.15, 0.2) is 0 Å². The number of aromatic nitrogens is 1. The summed E-state index contributed by atoms with van der Waals surface area (Å²) in [6, 6.07) is 18.6. The summed E-state index contributed by atoms with van der Waals surface area (Å²) in [6.07, 6.45) is 43.8. The highest BCUT2D eigenvalue weighted by atomic mass is 32.1. The molecule has 1 atom stereocenters. The molecule has 0 aliphatic rings. The maximum absolute atomic E-state index is 15.1. The Balaban J connectivity index is 1.12. The normalized spacial score (nSPS) is 12.3. The van der Waals surface area contributed by atoms with Gasteiger partial charge in [-0.25, -0.2) is 0 Å². The van der Waals surface area contributed by atoms with Crippen LogP contribution in [-0.4, -0.2) is 4.57 Å². The van der Waals surface area contributed by atoms with E-state index in [1.807, 2.05) is 45.3 Å². The van der Waals surface area contributed by atoms with Crippen molar-refractivity contribution < 1.29 is 0 Å². The second-order valence-corrected chi connectivity index (χ2v) is 29.6. The molecule has 77 heavy (non-hydrogen) atoms. The van der Waals surface area contributed by atoms with Gasteiger partial charge in [-0.05, 0) is 118 Å². The minimum atomic E-state index is -0.0953. The Hall–Kier alpha value is -2.66. The zero-order chi connectivity index (χ0) is 54.2.